The Bertz CT molecular complexity index is 1310. The highest BCUT2D eigenvalue weighted by Gasteiger charge is 2.22. The molecule has 7 nitrogen and oxygen atoms in total. The van der Waals surface area contributed by atoms with Gasteiger partial charge < -0.3 is 16.4 Å². The van der Waals surface area contributed by atoms with Crippen LogP contribution in [-0.2, 0) is 11.3 Å². The second kappa shape index (κ2) is 8.98. The smallest absolute Gasteiger partial charge is 0.227 e. The molecule has 0 bridgehead atoms. The van der Waals surface area contributed by atoms with Gasteiger partial charge >= 0.3 is 0 Å². The van der Waals surface area contributed by atoms with Gasteiger partial charge in [-0.2, -0.15) is 9.61 Å². The van der Waals surface area contributed by atoms with Gasteiger partial charge in [0.2, 0.25) is 5.91 Å². The predicted molar refractivity (Wildman–Crippen MR) is 133 cm³/mol. The summed E-state index contributed by atoms with van der Waals surface area (Å²) in [5.41, 5.74) is 11.3. The molecular formula is C25H25BN6O. The number of amides is 1. The summed E-state index contributed by atoms with van der Waals surface area (Å²) in [6.45, 7) is 0.537. The first-order valence-electron chi connectivity index (χ1n) is 11.2. The first kappa shape index (κ1) is 21.1. The number of para-hydroxylation sites is 1. The molecule has 0 atom stereocenters. The van der Waals surface area contributed by atoms with E-state index in [2.05, 4.69) is 20.7 Å². The number of aromatic nitrogens is 3. The molecule has 2 heterocycles. The summed E-state index contributed by atoms with van der Waals surface area (Å²) < 4.78 is 1.68. The van der Waals surface area contributed by atoms with Crippen molar-refractivity contribution in [3.05, 3.63) is 66.4 Å². The van der Waals surface area contributed by atoms with Crippen LogP contribution >= 0.6 is 0 Å². The van der Waals surface area contributed by atoms with Gasteiger partial charge in [0.25, 0.3) is 0 Å². The number of hydrogen-bond acceptors (Lipinski definition) is 5. The van der Waals surface area contributed by atoms with Gasteiger partial charge in [0.05, 0.1) is 5.69 Å². The Morgan fingerprint density at radius 2 is 1.94 bits per heavy atom. The number of fused-ring (bicyclic) bond motifs is 1. The van der Waals surface area contributed by atoms with Crippen molar-refractivity contribution in [2.45, 2.75) is 32.2 Å². The van der Waals surface area contributed by atoms with Crippen molar-refractivity contribution in [1.82, 2.24) is 14.6 Å². The highest BCUT2D eigenvalue weighted by atomic mass is 16.1. The molecular weight excluding hydrogens is 411 g/mol. The van der Waals surface area contributed by atoms with E-state index >= 15 is 0 Å². The summed E-state index contributed by atoms with van der Waals surface area (Å²) >= 11 is 0. The zero-order valence-corrected chi connectivity index (χ0v) is 18.3. The van der Waals surface area contributed by atoms with Crippen LogP contribution in [0.25, 0.3) is 16.9 Å². The van der Waals surface area contributed by atoms with Gasteiger partial charge in [-0.05, 0) is 42.1 Å². The molecule has 5 rings (SSSR count). The number of nitrogens with two attached hydrogens (primary N) is 1. The molecule has 1 aliphatic rings. The topological polar surface area (TPSA) is 97.3 Å². The number of nitrogens with zero attached hydrogens (tertiary/aromatic N) is 3. The fourth-order valence-electron chi connectivity index (χ4n) is 4.36. The highest BCUT2D eigenvalue weighted by molar-refractivity contribution is 6.36. The Balaban J connectivity index is 1.38. The maximum Gasteiger partial charge on any atom is 0.227 e. The van der Waals surface area contributed by atoms with Crippen molar-refractivity contribution < 1.29 is 4.79 Å². The van der Waals surface area contributed by atoms with Crippen LogP contribution in [0.2, 0.25) is 0 Å². The normalized spacial score (nSPS) is 13.9. The average molecular weight is 436 g/mol. The largest absolute Gasteiger partial charge is 0.398 e. The number of nitrogens with one attached hydrogen (secondary N) is 2. The number of rotatable bonds is 6. The first-order chi connectivity index (χ1) is 16.1. The van der Waals surface area contributed by atoms with Crippen LogP contribution < -0.4 is 21.8 Å². The monoisotopic (exact) mass is 436 g/mol. The van der Waals surface area contributed by atoms with Crippen molar-refractivity contribution in [2.24, 2.45) is 5.92 Å². The third kappa shape index (κ3) is 4.42. The van der Waals surface area contributed by atoms with E-state index < -0.39 is 0 Å². The van der Waals surface area contributed by atoms with E-state index in [1.54, 1.807) is 10.7 Å². The molecule has 0 unspecified atom stereocenters. The lowest BCUT2D eigenvalue weighted by atomic mass is 10.0. The Kier molecular flexibility index (Phi) is 5.73. The molecule has 1 aliphatic carbocycles. The number of carbonyl (C=O) groups excluding carboxylic acids is 1. The van der Waals surface area contributed by atoms with E-state index in [4.69, 9.17) is 13.6 Å². The van der Waals surface area contributed by atoms with E-state index in [1.165, 1.54) is 0 Å². The Morgan fingerprint density at radius 1 is 1.12 bits per heavy atom. The molecule has 1 amide bonds. The van der Waals surface area contributed by atoms with Crippen LogP contribution in [0.4, 0.5) is 17.2 Å². The second-order valence-corrected chi connectivity index (χ2v) is 8.47. The van der Waals surface area contributed by atoms with E-state index in [0.29, 0.717) is 29.0 Å². The van der Waals surface area contributed by atoms with E-state index in [0.717, 1.165) is 48.3 Å². The van der Waals surface area contributed by atoms with Crippen molar-refractivity contribution in [3.63, 3.8) is 0 Å². The molecule has 4 N–H and O–H groups in total. The lowest BCUT2D eigenvalue weighted by Gasteiger charge is -2.14. The number of hydrogen-bond donors (Lipinski definition) is 3. The lowest BCUT2D eigenvalue weighted by Crippen LogP contribution is -2.20. The molecule has 1 saturated carbocycles. The van der Waals surface area contributed by atoms with Gasteiger partial charge in [-0.1, -0.05) is 43.2 Å². The van der Waals surface area contributed by atoms with Gasteiger partial charge in [-0.3, -0.25) is 4.79 Å². The minimum atomic E-state index is 0.116. The van der Waals surface area contributed by atoms with Crippen molar-refractivity contribution in [3.8, 4) is 11.3 Å². The predicted octanol–water partition coefficient (Wildman–Crippen LogP) is 3.51. The molecule has 2 radical (unpaired) electrons. The maximum atomic E-state index is 12.5. The molecule has 0 spiro atoms. The molecule has 2 aromatic heterocycles. The first-order valence-corrected chi connectivity index (χ1v) is 11.2. The van der Waals surface area contributed by atoms with Crippen LogP contribution in [-0.4, -0.2) is 28.4 Å². The van der Waals surface area contributed by atoms with E-state index in [9.17, 15) is 4.79 Å². The van der Waals surface area contributed by atoms with Crippen molar-refractivity contribution in [1.29, 1.82) is 0 Å². The Hall–Kier alpha value is -3.81. The molecule has 0 aliphatic heterocycles. The van der Waals surface area contributed by atoms with E-state index in [1.807, 2.05) is 54.6 Å². The molecule has 8 heteroatoms. The molecule has 2 aromatic carbocycles. The highest BCUT2D eigenvalue weighted by Crippen LogP contribution is 2.28. The summed E-state index contributed by atoms with van der Waals surface area (Å²) in [5.74, 6) is 0.993. The zero-order valence-electron chi connectivity index (χ0n) is 18.3. The fraction of sp³-hybridized carbons (Fsp3) is 0.240. The number of anilines is 3. The van der Waals surface area contributed by atoms with Crippen LogP contribution in [0.1, 0.15) is 31.2 Å². The summed E-state index contributed by atoms with van der Waals surface area (Å²) in [5, 5.41) is 10.9. The SMILES string of the molecule is [B]c1cnn2c(NCc3cccc(NC(=O)C4CCCC4)c3)cc(-c3ccccc3N)nc12. The summed E-state index contributed by atoms with van der Waals surface area (Å²) in [6, 6.07) is 17.4. The standard InChI is InChI=1S/C25H25BN6O/c26-20-15-29-32-23(13-22(31-24(20)32)19-10-3-4-11-21(19)27)28-14-16-6-5-9-18(12-16)30-25(33)17-7-1-2-8-17/h3-6,9-13,15,17,28H,1-2,7-8,14,27H2,(H,30,33). The number of benzene rings is 2. The van der Waals surface area contributed by atoms with Crippen molar-refractivity contribution in [2.75, 3.05) is 16.4 Å². The van der Waals surface area contributed by atoms with Gasteiger partial charge in [-0.25, -0.2) is 4.98 Å². The quantitative estimate of drug-likeness (QED) is 0.318. The van der Waals surface area contributed by atoms with Crippen LogP contribution in [0, 0.1) is 5.92 Å². The van der Waals surface area contributed by atoms with Gasteiger partial charge in [0.15, 0.2) is 5.65 Å². The fourth-order valence-corrected chi connectivity index (χ4v) is 4.36. The molecule has 1 fully saturated rings. The summed E-state index contributed by atoms with van der Waals surface area (Å²) in [7, 11) is 6.11. The molecule has 4 aromatic rings. The second-order valence-electron chi connectivity index (χ2n) is 8.47. The van der Waals surface area contributed by atoms with Crippen LogP contribution in [0.15, 0.2) is 60.8 Å². The minimum absolute atomic E-state index is 0.116. The van der Waals surface area contributed by atoms with Gasteiger partial charge in [-0.15, -0.1) is 0 Å². The minimum Gasteiger partial charge on any atom is -0.398 e. The van der Waals surface area contributed by atoms with E-state index in [-0.39, 0.29) is 11.8 Å². The van der Waals surface area contributed by atoms with Crippen LogP contribution in [0.5, 0.6) is 0 Å². The van der Waals surface area contributed by atoms with Crippen LogP contribution in [0.3, 0.4) is 0 Å². The lowest BCUT2D eigenvalue weighted by molar-refractivity contribution is -0.119. The maximum absolute atomic E-state index is 12.5. The van der Waals surface area contributed by atoms with Gasteiger partial charge in [0.1, 0.15) is 13.7 Å². The summed E-state index contributed by atoms with van der Waals surface area (Å²) in [6.07, 6.45) is 5.82. The Morgan fingerprint density at radius 3 is 2.76 bits per heavy atom. The third-order valence-corrected chi connectivity index (χ3v) is 6.13. The molecule has 164 valence electrons. The zero-order chi connectivity index (χ0) is 22.8. The summed E-state index contributed by atoms with van der Waals surface area (Å²) in [4.78, 5) is 17.2. The van der Waals surface area contributed by atoms with Crippen molar-refractivity contribution >= 4 is 42.1 Å². The molecule has 0 saturated heterocycles. The average Bonchev–Trinajstić information content (AvgIpc) is 3.49. The third-order valence-electron chi connectivity index (χ3n) is 6.13. The number of carbonyl (C=O) groups is 1. The molecule has 33 heavy (non-hydrogen) atoms. The Labute approximate surface area is 193 Å². The van der Waals surface area contributed by atoms with Gasteiger partial charge in [0, 0.05) is 41.7 Å². The number of nitrogen functional groups attached to an aromatic ring is 1.